The molecule has 0 aromatic heterocycles. The highest BCUT2D eigenvalue weighted by Gasteiger charge is 2.11. The highest BCUT2D eigenvalue weighted by atomic mass is 16.5. The van der Waals surface area contributed by atoms with Gasteiger partial charge in [-0.05, 0) is 23.8 Å². The minimum atomic E-state index is 0.525. The minimum Gasteiger partial charge on any atom is -0.493 e. The Balaban J connectivity index is 3.25. The van der Waals surface area contributed by atoms with E-state index in [-0.39, 0.29) is 0 Å². The first-order chi connectivity index (χ1) is 7.76. The second-order valence-corrected chi connectivity index (χ2v) is 2.91. The molecule has 0 amide bonds. The number of methoxy groups -OCH3 is 3. The van der Waals surface area contributed by atoms with Crippen molar-refractivity contribution in [2.75, 3.05) is 21.3 Å². The van der Waals surface area contributed by atoms with Gasteiger partial charge in [-0.1, -0.05) is 6.08 Å². The number of hydrogen-bond donors (Lipinski definition) is 0. The molecular weight excluding hydrogens is 208 g/mol. The second kappa shape index (κ2) is 5.80. The van der Waals surface area contributed by atoms with Crippen LogP contribution in [0.25, 0.3) is 6.08 Å². The number of rotatable bonds is 5. The van der Waals surface area contributed by atoms with Gasteiger partial charge in [-0.15, -0.1) is 0 Å². The van der Waals surface area contributed by atoms with Crippen LogP contribution in [0, 0.1) is 0 Å². The van der Waals surface area contributed by atoms with Crippen molar-refractivity contribution in [3.8, 4) is 17.2 Å². The average Bonchev–Trinajstić information content (AvgIpc) is 2.34. The summed E-state index contributed by atoms with van der Waals surface area (Å²) in [6.45, 7) is 0. The monoisotopic (exact) mass is 221 g/mol. The van der Waals surface area contributed by atoms with E-state index in [1.54, 1.807) is 24.5 Å². The normalized spacial score (nSPS) is 10.2. The van der Waals surface area contributed by atoms with Gasteiger partial charge in [0, 0.05) is 0 Å². The molecule has 1 rings (SSSR count). The summed E-state index contributed by atoms with van der Waals surface area (Å²) in [6.07, 6.45) is 4.56. The third-order valence-corrected chi connectivity index (χ3v) is 2.03. The Labute approximate surface area is 94.4 Å². The van der Waals surface area contributed by atoms with Crippen molar-refractivity contribution in [1.29, 1.82) is 0 Å². The molecule has 0 aliphatic carbocycles. The molecule has 4 nitrogen and oxygen atoms in total. The third kappa shape index (κ3) is 2.53. The zero-order valence-corrected chi connectivity index (χ0v) is 9.44. The number of ether oxygens (including phenoxy) is 3. The number of carbonyl (C=O) groups excluding carboxylic acids is 1. The number of benzene rings is 1. The molecule has 1 aromatic carbocycles. The first-order valence-electron chi connectivity index (χ1n) is 4.61. The van der Waals surface area contributed by atoms with E-state index < -0.39 is 0 Å². The van der Waals surface area contributed by atoms with E-state index in [4.69, 9.17) is 14.2 Å². The van der Waals surface area contributed by atoms with E-state index in [0.29, 0.717) is 17.2 Å². The number of allylic oxidation sites excluding steroid dienone is 1. The summed E-state index contributed by atoms with van der Waals surface area (Å²) >= 11 is 0. The minimum absolute atomic E-state index is 0.525. The summed E-state index contributed by atoms with van der Waals surface area (Å²) in [5, 5.41) is 0. The zero-order valence-electron chi connectivity index (χ0n) is 9.44. The van der Waals surface area contributed by atoms with Crippen molar-refractivity contribution in [1.82, 2.24) is 0 Å². The van der Waals surface area contributed by atoms with E-state index in [0.717, 1.165) is 5.56 Å². The molecule has 0 N–H and O–H groups in total. The fourth-order valence-electron chi connectivity index (χ4n) is 1.33. The molecule has 0 aliphatic heterocycles. The lowest BCUT2D eigenvalue weighted by Gasteiger charge is -2.12. The summed E-state index contributed by atoms with van der Waals surface area (Å²) in [7, 11) is 4.61. The molecule has 0 atom stereocenters. The molecule has 0 saturated heterocycles. The van der Waals surface area contributed by atoms with Gasteiger partial charge in [0.05, 0.1) is 21.3 Å². The molecule has 0 saturated carbocycles. The van der Waals surface area contributed by atoms with Crippen LogP contribution < -0.4 is 14.2 Å². The molecule has 85 valence electrons. The molecule has 16 heavy (non-hydrogen) atoms. The molecular formula is C12H13O4. The summed E-state index contributed by atoms with van der Waals surface area (Å²) in [6, 6.07) is 3.49. The van der Waals surface area contributed by atoms with E-state index in [2.05, 4.69) is 0 Å². The topological polar surface area (TPSA) is 44.8 Å². The van der Waals surface area contributed by atoms with Crippen LogP contribution in [0.5, 0.6) is 17.2 Å². The highest BCUT2D eigenvalue weighted by molar-refractivity contribution is 5.75. The van der Waals surface area contributed by atoms with Gasteiger partial charge in [0.2, 0.25) is 12.0 Å². The maximum Gasteiger partial charge on any atom is 0.225 e. The van der Waals surface area contributed by atoms with Crippen molar-refractivity contribution in [2.24, 2.45) is 0 Å². The Morgan fingerprint density at radius 1 is 1.06 bits per heavy atom. The quantitative estimate of drug-likeness (QED) is 0.711. The van der Waals surface area contributed by atoms with Crippen molar-refractivity contribution >= 4 is 12.4 Å². The predicted molar refractivity (Wildman–Crippen MR) is 60.8 cm³/mol. The molecule has 0 unspecified atom stereocenters. The van der Waals surface area contributed by atoms with Crippen LogP contribution in [0.2, 0.25) is 0 Å². The Hall–Kier alpha value is -1.97. The van der Waals surface area contributed by atoms with Crippen molar-refractivity contribution < 1.29 is 19.0 Å². The van der Waals surface area contributed by atoms with Gasteiger partial charge in [0.25, 0.3) is 0 Å². The molecule has 1 radical (unpaired) electrons. The first kappa shape index (κ1) is 12.1. The van der Waals surface area contributed by atoms with Gasteiger partial charge in [-0.2, -0.15) is 0 Å². The van der Waals surface area contributed by atoms with Gasteiger partial charge in [0.15, 0.2) is 11.5 Å². The third-order valence-electron chi connectivity index (χ3n) is 2.03. The van der Waals surface area contributed by atoms with Crippen LogP contribution in [0.1, 0.15) is 5.56 Å². The van der Waals surface area contributed by atoms with E-state index in [1.807, 2.05) is 0 Å². The first-order valence-corrected chi connectivity index (χ1v) is 4.61. The van der Waals surface area contributed by atoms with Gasteiger partial charge in [-0.25, -0.2) is 0 Å². The SMILES string of the molecule is COc1cc(/C=C/[C]=O)cc(OC)c1OC. The largest absolute Gasteiger partial charge is 0.493 e. The van der Waals surface area contributed by atoms with Gasteiger partial charge in [-0.3, -0.25) is 4.79 Å². The Morgan fingerprint density at radius 3 is 2.00 bits per heavy atom. The standard InChI is InChI=1S/C12H13O4/c1-14-10-7-9(5-4-6-13)8-11(15-2)12(10)16-3/h4-5,7-8H,1-3H3/b5-4+. The zero-order chi connectivity index (χ0) is 12.0. The lowest BCUT2D eigenvalue weighted by molar-refractivity contribution is 0.324. The molecule has 4 heteroatoms. The molecule has 0 fully saturated rings. The van der Waals surface area contributed by atoms with Crippen molar-refractivity contribution in [2.45, 2.75) is 0 Å². The Bertz CT molecular complexity index is 371. The lowest BCUT2D eigenvalue weighted by atomic mass is 10.1. The van der Waals surface area contributed by atoms with Crippen LogP contribution in [0.3, 0.4) is 0 Å². The maximum atomic E-state index is 10.1. The summed E-state index contributed by atoms with van der Waals surface area (Å²) in [5.41, 5.74) is 0.776. The van der Waals surface area contributed by atoms with Gasteiger partial charge in [0.1, 0.15) is 0 Å². The maximum absolute atomic E-state index is 10.1. The molecule has 0 aliphatic rings. The van der Waals surface area contributed by atoms with Crippen LogP contribution in [0.15, 0.2) is 18.2 Å². The van der Waals surface area contributed by atoms with Crippen LogP contribution in [-0.4, -0.2) is 27.6 Å². The van der Waals surface area contributed by atoms with Gasteiger partial charge < -0.3 is 14.2 Å². The Morgan fingerprint density at radius 2 is 1.62 bits per heavy atom. The van der Waals surface area contributed by atoms with E-state index in [9.17, 15) is 4.79 Å². The molecule has 0 heterocycles. The predicted octanol–water partition coefficient (Wildman–Crippen LogP) is 1.84. The highest BCUT2D eigenvalue weighted by Crippen LogP contribution is 2.38. The van der Waals surface area contributed by atoms with Crippen LogP contribution in [0.4, 0.5) is 0 Å². The number of hydrogen-bond acceptors (Lipinski definition) is 4. The Kier molecular flexibility index (Phi) is 4.39. The molecule has 0 bridgehead atoms. The van der Waals surface area contributed by atoms with Gasteiger partial charge >= 0.3 is 0 Å². The summed E-state index contributed by atoms with van der Waals surface area (Å²) in [4.78, 5) is 10.1. The van der Waals surface area contributed by atoms with Crippen LogP contribution >= 0.6 is 0 Å². The molecule has 0 spiro atoms. The van der Waals surface area contributed by atoms with E-state index in [1.165, 1.54) is 27.4 Å². The van der Waals surface area contributed by atoms with Crippen molar-refractivity contribution in [3.05, 3.63) is 23.8 Å². The molecule has 1 aromatic rings. The van der Waals surface area contributed by atoms with Crippen LogP contribution in [-0.2, 0) is 4.79 Å². The summed E-state index contributed by atoms with van der Waals surface area (Å²) in [5.74, 6) is 1.62. The fourth-order valence-corrected chi connectivity index (χ4v) is 1.33. The van der Waals surface area contributed by atoms with E-state index >= 15 is 0 Å². The summed E-state index contributed by atoms with van der Waals surface area (Å²) < 4.78 is 15.5. The smallest absolute Gasteiger partial charge is 0.225 e. The lowest BCUT2D eigenvalue weighted by Crippen LogP contribution is -1.95. The average molecular weight is 221 g/mol. The second-order valence-electron chi connectivity index (χ2n) is 2.91. The van der Waals surface area contributed by atoms with Crippen molar-refractivity contribution in [3.63, 3.8) is 0 Å². The fraction of sp³-hybridized carbons (Fsp3) is 0.250.